The first kappa shape index (κ1) is 19.0. The number of rotatable bonds is 4. The van der Waals surface area contributed by atoms with Crippen LogP contribution in [0.15, 0.2) is 48.5 Å². The molecule has 1 amide bonds. The summed E-state index contributed by atoms with van der Waals surface area (Å²) in [6.07, 6.45) is 3.13. The molecule has 1 atom stereocenters. The van der Waals surface area contributed by atoms with Crippen LogP contribution in [0.1, 0.15) is 40.4 Å². The van der Waals surface area contributed by atoms with Gasteiger partial charge in [-0.25, -0.2) is 0 Å². The lowest BCUT2D eigenvalue weighted by molar-refractivity contribution is 0.0933. The van der Waals surface area contributed by atoms with Crippen LogP contribution in [-0.4, -0.2) is 26.7 Å². The molecule has 0 aliphatic carbocycles. The maximum atomic E-state index is 12.7. The Hall–Kier alpha value is -2.37. The van der Waals surface area contributed by atoms with Crippen molar-refractivity contribution < 1.29 is 4.79 Å². The molecule has 28 heavy (non-hydrogen) atoms. The lowest BCUT2D eigenvalue weighted by atomic mass is 10.1. The molecule has 0 saturated carbocycles. The number of benzene rings is 2. The van der Waals surface area contributed by atoms with E-state index in [1.165, 1.54) is 5.56 Å². The summed E-state index contributed by atoms with van der Waals surface area (Å²) in [5.41, 5.74) is 1.54. The number of aromatic nitrogens is 3. The van der Waals surface area contributed by atoms with E-state index in [0.717, 1.165) is 43.9 Å². The van der Waals surface area contributed by atoms with Gasteiger partial charge in [-0.05, 0) is 30.5 Å². The molecule has 144 valence electrons. The fourth-order valence-electron chi connectivity index (χ4n) is 3.57. The molecule has 0 radical (unpaired) electrons. The van der Waals surface area contributed by atoms with E-state index in [0.29, 0.717) is 15.6 Å². The molecule has 0 fully saturated rings. The summed E-state index contributed by atoms with van der Waals surface area (Å²) in [7, 11) is 0. The molecule has 0 saturated heterocycles. The van der Waals surface area contributed by atoms with Crippen molar-refractivity contribution in [3.63, 3.8) is 0 Å². The highest BCUT2D eigenvalue weighted by Gasteiger charge is 2.23. The van der Waals surface area contributed by atoms with E-state index in [9.17, 15) is 4.79 Å². The lowest BCUT2D eigenvalue weighted by Crippen LogP contribution is -2.35. The Balaban J connectivity index is 1.44. The summed E-state index contributed by atoms with van der Waals surface area (Å²) in [5, 5.41) is 12.6. The van der Waals surface area contributed by atoms with E-state index >= 15 is 0 Å². The number of hydrogen-bond acceptors (Lipinski definition) is 3. The topological polar surface area (TPSA) is 59.8 Å². The van der Waals surface area contributed by atoms with Crippen LogP contribution in [0.5, 0.6) is 0 Å². The molecule has 4 rings (SSSR count). The normalized spacial score (nSPS) is 16.3. The highest BCUT2D eigenvalue weighted by molar-refractivity contribution is 6.39. The van der Waals surface area contributed by atoms with Crippen LogP contribution in [-0.2, 0) is 19.4 Å². The van der Waals surface area contributed by atoms with Gasteiger partial charge in [0.25, 0.3) is 5.91 Å². The van der Waals surface area contributed by atoms with Crippen molar-refractivity contribution in [2.24, 2.45) is 0 Å². The van der Waals surface area contributed by atoms with Crippen LogP contribution in [0, 0.1) is 0 Å². The van der Waals surface area contributed by atoms with E-state index in [2.05, 4.69) is 32.2 Å². The molecular weight excluding hydrogens is 395 g/mol. The van der Waals surface area contributed by atoms with Crippen molar-refractivity contribution in [2.45, 2.75) is 38.3 Å². The number of amides is 1. The van der Waals surface area contributed by atoms with Gasteiger partial charge in [-0.3, -0.25) is 4.79 Å². The van der Waals surface area contributed by atoms with Gasteiger partial charge in [-0.2, -0.15) is 0 Å². The Bertz CT molecular complexity index is 967. The predicted molar refractivity (Wildman–Crippen MR) is 110 cm³/mol. The molecule has 1 N–H and O–H groups in total. The average molecular weight is 415 g/mol. The Morgan fingerprint density at radius 2 is 1.79 bits per heavy atom. The molecule has 1 aliphatic rings. The number of carbonyl (C=O) groups is 1. The standard InChI is InChI=1S/C21H20Cl2N4O/c22-16-7-4-8-17(23)20(16)21(28)24-15-9-10-18-25-26-19(27(18)12-11-15)13-14-5-2-1-3-6-14/h1-8,15H,9-13H2,(H,24,28). The van der Waals surface area contributed by atoms with Gasteiger partial charge in [0, 0.05) is 25.4 Å². The third kappa shape index (κ3) is 4.05. The van der Waals surface area contributed by atoms with Gasteiger partial charge in [0.15, 0.2) is 0 Å². The number of carbonyl (C=O) groups excluding carboxylic acids is 1. The molecule has 3 aromatic rings. The number of nitrogens with zero attached hydrogens (tertiary/aromatic N) is 3. The Labute approximate surface area is 173 Å². The third-order valence-electron chi connectivity index (χ3n) is 5.05. The maximum Gasteiger partial charge on any atom is 0.254 e. The van der Waals surface area contributed by atoms with Crippen LogP contribution in [0.3, 0.4) is 0 Å². The zero-order chi connectivity index (χ0) is 19.5. The van der Waals surface area contributed by atoms with Crippen molar-refractivity contribution in [2.75, 3.05) is 0 Å². The van der Waals surface area contributed by atoms with E-state index in [1.807, 2.05) is 18.2 Å². The Kier molecular flexibility index (Phi) is 5.64. The molecule has 0 spiro atoms. The lowest BCUT2D eigenvalue weighted by Gasteiger charge is -2.17. The van der Waals surface area contributed by atoms with E-state index in [4.69, 9.17) is 23.2 Å². The first-order chi connectivity index (χ1) is 13.6. The van der Waals surface area contributed by atoms with Gasteiger partial charge in [-0.1, -0.05) is 59.6 Å². The first-order valence-electron chi connectivity index (χ1n) is 9.31. The second kappa shape index (κ2) is 8.33. The van der Waals surface area contributed by atoms with Crippen molar-refractivity contribution in [1.29, 1.82) is 0 Å². The summed E-state index contributed by atoms with van der Waals surface area (Å²) >= 11 is 12.3. The molecular formula is C21H20Cl2N4O. The van der Waals surface area contributed by atoms with Crippen LogP contribution in [0.4, 0.5) is 0 Å². The molecule has 1 aromatic heterocycles. The van der Waals surface area contributed by atoms with E-state index < -0.39 is 0 Å². The van der Waals surface area contributed by atoms with Gasteiger partial charge in [-0.15, -0.1) is 10.2 Å². The van der Waals surface area contributed by atoms with Crippen molar-refractivity contribution in [3.05, 3.63) is 81.4 Å². The largest absolute Gasteiger partial charge is 0.349 e. The maximum absolute atomic E-state index is 12.7. The predicted octanol–water partition coefficient (Wildman–Crippen LogP) is 4.31. The van der Waals surface area contributed by atoms with E-state index in [-0.39, 0.29) is 11.9 Å². The monoisotopic (exact) mass is 414 g/mol. The van der Waals surface area contributed by atoms with Gasteiger partial charge >= 0.3 is 0 Å². The van der Waals surface area contributed by atoms with Crippen LogP contribution < -0.4 is 5.32 Å². The summed E-state index contributed by atoms with van der Waals surface area (Å²) in [6.45, 7) is 0.770. The van der Waals surface area contributed by atoms with Gasteiger partial charge in [0.05, 0.1) is 15.6 Å². The minimum absolute atomic E-state index is 0.0334. The first-order valence-corrected chi connectivity index (χ1v) is 10.1. The van der Waals surface area contributed by atoms with Crippen molar-refractivity contribution in [3.8, 4) is 0 Å². The summed E-state index contributed by atoms with van der Waals surface area (Å²) in [5.74, 6) is 1.70. The number of fused-ring (bicyclic) bond motifs is 1. The molecule has 5 nitrogen and oxygen atoms in total. The van der Waals surface area contributed by atoms with Gasteiger partial charge in [0.2, 0.25) is 0 Å². The highest BCUT2D eigenvalue weighted by Crippen LogP contribution is 2.25. The average Bonchev–Trinajstić information content (AvgIpc) is 2.94. The quantitative estimate of drug-likeness (QED) is 0.691. The number of aryl methyl sites for hydroxylation is 1. The van der Waals surface area contributed by atoms with Crippen LogP contribution in [0.25, 0.3) is 0 Å². The second-order valence-electron chi connectivity index (χ2n) is 6.94. The zero-order valence-corrected chi connectivity index (χ0v) is 16.7. The van der Waals surface area contributed by atoms with E-state index in [1.54, 1.807) is 18.2 Å². The summed E-state index contributed by atoms with van der Waals surface area (Å²) < 4.78 is 2.18. The minimum Gasteiger partial charge on any atom is -0.349 e. The molecule has 1 aliphatic heterocycles. The summed E-state index contributed by atoms with van der Waals surface area (Å²) in [4.78, 5) is 12.7. The fraction of sp³-hybridized carbons (Fsp3) is 0.286. The number of halogens is 2. The molecule has 2 heterocycles. The smallest absolute Gasteiger partial charge is 0.254 e. The molecule has 2 aromatic carbocycles. The SMILES string of the molecule is O=C(NC1CCc2nnc(Cc3ccccc3)n2CC1)c1c(Cl)cccc1Cl. The van der Waals surface area contributed by atoms with Crippen molar-refractivity contribution >= 4 is 29.1 Å². The second-order valence-corrected chi connectivity index (χ2v) is 7.76. The molecule has 1 unspecified atom stereocenters. The fourth-order valence-corrected chi connectivity index (χ4v) is 4.14. The number of nitrogens with one attached hydrogen (secondary N) is 1. The van der Waals surface area contributed by atoms with Gasteiger partial charge < -0.3 is 9.88 Å². The minimum atomic E-state index is -0.234. The molecule has 7 heteroatoms. The molecule has 0 bridgehead atoms. The van der Waals surface area contributed by atoms with Crippen LogP contribution >= 0.6 is 23.2 Å². The third-order valence-corrected chi connectivity index (χ3v) is 5.68. The zero-order valence-electron chi connectivity index (χ0n) is 15.2. The van der Waals surface area contributed by atoms with Crippen molar-refractivity contribution in [1.82, 2.24) is 20.1 Å². The Morgan fingerprint density at radius 1 is 1.04 bits per heavy atom. The highest BCUT2D eigenvalue weighted by atomic mass is 35.5. The Morgan fingerprint density at radius 3 is 2.54 bits per heavy atom. The summed E-state index contributed by atoms with van der Waals surface area (Å²) in [6, 6.07) is 15.4. The van der Waals surface area contributed by atoms with Gasteiger partial charge in [0.1, 0.15) is 11.6 Å². The number of hydrogen-bond donors (Lipinski definition) is 1. The van der Waals surface area contributed by atoms with Crippen LogP contribution in [0.2, 0.25) is 10.0 Å².